The summed E-state index contributed by atoms with van der Waals surface area (Å²) in [6.45, 7) is 0. The highest BCUT2D eigenvalue weighted by Gasteiger charge is 2.37. The van der Waals surface area contributed by atoms with Crippen molar-refractivity contribution in [1.82, 2.24) is 0 Å². The Bertz CT molecular complexity index is 489. The second-order valence-electron chi connectivity index (χ2n) is 5.64. The van der Waals surface area contributed by atoms with E-state index in [1.807, 2.05) is 0 Å². The van der Waals surface area contributed by atoms with Gasteiger partial charge in [-0.05, 0) is 42.5 Å². The fraction of sp³-hybridized carbons (Fsp3) is 0.600. The van der Waals surface area contributed by atoms with Gasteiger partial charge in [-0.25, -0.2) is 4.39 Å². The highest BCUT2D eigenvalue weighted by Crippen LogP contribution is 2.38. The molecule has 7 heteroatoms. The summed E-state index contributed by atoms with van der Waals surface area (Å²) in [6.07, 6.45) is -1.29. The quantitative estimate of drug-likeness (QED) is 0.809. The van der Waals surface area contributed by atoms with Crippen molar-refractivity contribution in [3.05, 3.63) is 35.1 Å². The van der Waals surface area contributed by atoms with Crippen LogP contribution >= 0.6 is 12.4 Å². The Morgan fingerprint density at radius 3 is 2.27 bits per heavy atom. The molecule has 2 atom stereocenters. The normalized spacial score (nSPS) is 19.4. The minimum Gasteiger partial charge on any atom is -0.391 e. The molecule has 0 unspecified atom stereocenters. The van der Waals surface area contributed by atoms with Crippen molar-refractivity contribution in [2.24, 2.45) is 11.7 Å². The van der Waals surface area contributed by atoms with Crippen LogP contribution in [0.3, 0.4) is 0 Å². The predicted octanol–water partition coefficient (Wildman–Crippen LogP) is 4.21. The Morgan fingerprint density at radius 2 is 1.73 bits per heavy atom. The Kier molecular flexibility index (Phi) is 6.65. The van der Waals surface area contributed by atoms with Crippen LogP contribution < -0.4 is 5.73 Å². The lowest BCUT2D eigenvalue weighted by molar-refractivity contribution is -0.138. The van der Waals surface area contributed by atoms with Crippen molar-refractivity contribution in [3.8, 4) is 0 Å². The standard InChI is InChI=1S/C15H19F4NO.ClH/c16-10-6-7-12(15(17,18)19)11(8-10)13(20)14(21)9-4-2-1-3-5-9;/h6-9,13-14,21H,1-5,20H2;1H/t13-,14+;/m1./s1. The van der Waals surface area contributed by atoms with Crippen molar-refractivity contribution in [3.63, 3.8) is 0 Å². The molecule has 0 aliphatic heterocycles. The first-order valence-corrected chi connectivity index (χ1v) is 7.11. The molecule has 0 saturated heterocycles. The largest absolute Gasteiger partial charge is 0.416 e. The third-order valence-corrected chi connectivity index (χ3v) is 4.18. The van der Waals surface area contributed by atoms with E-state index in [4.69, 9.17) is 5.73 Å². The molecule has 0 aromatic heterocycles. The van der Waals surface area contributed by atoms with E-state index in [0.29, 0.717) is 6.07 Å². The number of halogens is 5. The van der Waals surface area contributed by atoms with Gasteiger partial charge in [0, 0.05) is 0 Å². The van der Waals surface area contributed by atoms with Crippen molar-refractivity contribution in [1.29, 1.82) is 0 Å². The molecule has 0 bridgehead atoms. The number of hydrogen-bond donors (Lipinski definition) is 2. The summed E-state index contributed by atoms with van der Waals surface area (Å²) in [4.78, 5) is 0. The lowest BCUT2D eigenvalue weighted by Crippen LogP contribution is -2.35. The molecule has 0 heterocycles. The van der Waals surface area contributed by atoms with E-state index in [9.17, 15) is 22.7 Å². The highest BCUT2D eigenvalue weighted by atomic mass is 35.5. The summed E-state index contributed by atoms with van der Waals surface area (Å²) in [5, 5.41) is 10.3. The number of aliphatic hydroxyl groups is 1. The maximum absolute atomic E-state index is 13.3. The van der Waals surface area contributed by atoms with Crippen LogP contribution in [0.25, 0.3) is 0 Å². The first-order chi connectivity index (χ1) is 9.80. The third kappa shape index (κ3) is 4.33. The molecule has 1 saturated carbocycles. The molecule has 3 N–H and O–H groups in total. The van der Waals surface area contributed by atoms with Crippen molar-refractivity contribution < 1.29 is 22.7 Å². The third-order valence-electron chi connectivity index (χ3n) is 4.18. The Balaban J connectivity index is 0.00000242. The highest BCUT2D eigenvalue weighted by molar-refractivity contribution is 5.85. The van der Waals surface area contributed by atoms with Gasteiger partial charge in [0.2, 0.25) is 0 Å². The molecule has 1 aliphatic carbocycles. The zero-order chi connectivity index (χ0) is 15.6. The monoisotopic (exact) mass is 341 g/mol. The number of nitrogens with two attached hydrogens (primary N) is 1. The van der Waals surface area contributed by atoms with Crippen molar-refractivity contribution in [2.45, 2.75) is 50.4 Å². The van der Waals surface area contributed by atoms with Gasteiger partial charge < -0.3 is 10.8 Å². The number of alkyl halides is 3. The van der Waals surface area contributed by atoms with Gasteiger partial charge >= 0.3 is 6.18 Å². The Labute approximate surface area is 133 Å². The van der Waals surface area contributed by atoms with Gasteiger partial charge in [0.1, 0.15) is 5.82 Å². The summed E-state index contributed by atoms with van der Waals surface area (Å²) >= 11 is 0. The summed E-state index contributed by atoms with van der Waals surface area (Å²) in [5.74, 6) is -0.914. The Morgan fingerprint density at radius 1 is 1.14 bits per heavy atom. The first-order valence-electron chi connectivity index (χ1n) is 7.11. The van der Waals surface area contributed by atoms with E-state index in [-0.39, 0.29) is 23.9 Å². The maximum atomic E-state index is 13.3. The topological polar surface area (TPSA) is 46.2 Å². The number of benzene rings is 1. The zero-order valence-electron chi connectivity index (χ0n) is 11.9. The number of aliphatic hydroxyl groups excluding tert-OH is 1. The first kappa shape index (κ1) is 19.2. The van der Waals surface area contributed by atoms with E-state index in [2.05, 4.69) is 0 Å². The summed E-state index contributed by atoms with van der Waals surface area (Å²) in [7, 11) is 0. The molecule has 2 nitrogen and oxygen atoms in total. The van der Waals surface area contributed by atoms with Crippen LogP contribution in [0.4, 0.5) is 17.6 Å². The molecule has 126 valence electrons. The molecule has 0 spiro atoms. The molecular weight excluding hydrogens is 322 g/mol. The fourth-order valence-corrected chi connectivity index (χ4v) is 3.02. The maximum Gasteiger partial charge on any atom is 0.416 e. The smallest absolute Gasteiger partial charge is 0.391 e. The van der Waals surface area contributed by atoms with Gasteiger partial charge in [0.25, 0.3) is 0 Å². The molecule has 1 aliphatic rings. The van der Waals surface area contributed by atoms with Gasteiger partial charge in [-0.2, -0.15) is 13.2 Å². The summed E-state index contributed by atoms with van der Waals surface area (Å²) in [5.41, 5.74) is 4.46. The fourth-order valence-electron chi connectivity index (χ4n) is 3.02. The molecule has 1 aromatic rings. The molecule has 0 radical (unpaired) electrons. The van der Waals surface area contributed by atoms with E-state index < -0.39 is 29.7 Å². The lowest BCUT2D eigenvalue weighted by atomic mass is 9.80. The van der Waals surface area contributed by atoms with Gasteiger partial charge in [0.05, 0.1) is 17.7 Å². The summed E-state index contributed by atoms with van der Waals surface area (Å²) in [6, 6.07) is 0.976. The minimum absolute atomic E-state index is 0. The summed E-state index contributed by atoms with van der Waals surface area (Å²) < 4.78 is 52.3. The van der Waals surface area contributed by atoms with Gasteiger partial charge in [-0.3, -0.25) is 0 Å². The molecule has 2 rings (SSSR count). The molecular formula is C15H20ClF4NO. The van der Waals surface area contributed by atoms with Crippen LogP contribution in [0.15, 0.2) is 18.2 Å². The van der Waals surface area contributed by atoms with Crippen LogP contribution in [0.2, 0.25) is 0 Å². The molecule has 0 amide bonds. The molecule has 1 fully saturated rings. The average molecular weight is 342 g/mol. The van der Waals surface area contributed by atoms with Crippen LogP contribution in [0, 0.1) is 11.7 Å². The molecule has 22 heavy (non-hydrogen) atoms. The number of hydrogen-bond acceptors (Lipinski definition) is 2. The van der Waals surface area contributed by atoms with Crippen LogP contribution in [-0.4, -0.2) is 11.2 Å². The lowest BCUT2D eigenvalue weighted by Gasteiger charge is -2.31. The number of rotatable bonds is 3. The van der Waals surface area contributed by atoms with E-state index >= 15 is 0 Å². The Hall–Kier alpha value is -0.850. The van der Waals surface area contributed by atoms with Gasteiger partial charge in [0.15, 0.2) is 0 Å². The van der Waals surface area contributed by atoms with Crippen molar-refractivity contribution >= 4 is 12.4 Å². The minimum atomic E-state index is -4.62. The van der Waals surface area contributed by atoms with E-state index in [1.165, 1.54) is 0 Å². The second-order valence-corrected chi connectivity index (χ2v) is 5.64. The van der Waals surface area contributed by atoms with Crippen LogP contribution in [-0.2, 0) is 6.18 Å². The van der Waals surface area contributed by atoms with E-state index in [1.54, 1.807) is 0 Å². The van der Waals surface area contributed by atoms with Gasteiger partial charge in [-0.1, -0.05) is 19.3 Å². The van der Waals surface area contributed by atoms with Gasteiger partial charge in [-0.15, -0.1) is 12.4 Å². The predicted molar refractivity (Wildman–Crippen MR) is 78.2 cm³/mol. The van der Waals surface area contributed by atoms with Crippen molar-refractivity contribution in [2.75, 3.05) is 0 Å². The SMILES string of the molecule is Cl.N[C@H](c1cc(F)ccc1C(F)(F)F)[C@@H](O)C1CCCCC1. The zero-order valence-corrected chi connectivity index (χ0v) is 12.8. The molecule has 1 aromatic carbocycles. The van der Waals surface area contributed by atoms with Crippen LogP contribution in [0.5, 0.6) is 0 Å². The average Bonchev–Trinajstić information content (AvgIpc) is 2.45. The second kappa shape index (κ2) is 7.62. The van der Waals surface area contributed by atoms with E-state index in [0.717, 1.165) is 44.2 Å². The van der Waals surface area contributed by atoms with Crippen LogP contribution in [0.1, 0.15) is 49.3 Å².